The van der Waals surface area contributed by atoms with Crippen molar-refractivity contribution < 1.29 is 0 Å². The molecule has 0 saturated carbocycles. The maximum absolute atomic E-state index is 2.47. The first-order valence-corrected chi connectivity index (χ1v) is 24.5. The molecule has 0 N–H and O–H groups in total. The Hall–Kier alpha value is -0.860. The second-order valence-corrected chi connectivity index (χ2v) is 17.7. The van der Waals surface area contributed by atoms with Crippen LogP contribution in [0.5, 0.6) is 0 Å². The van der Waals surface area contributed by atoms with Gasteiger partial charge in [-0.05, 0) is 85.8 Å². The highest BCUT2D eigenvalue weighted by Crippen LogP contribution is 2.43. The van der Waals surface area contributed by atoms with Crippen molar-refractivity contribution in [2.24, 2.45) is 0 Å². The van der Waals surface area contributed by atoms with E-state index in [4.69, 9.17) is 0 Å². The van der Waals surface area contributed by atoms with Crippen LogP contribution in [0.3, 0.4) is 0 Å². The van der Waals surface area contributed by atoms with Gasteiger partial charge >= 0.3 is 0 Å². The summed E-state index contributed by atoms with van der Waals surface area (Å²) in [6.07, 6.45) is 43.9. The smallest absolute Gasteiger partial charge is 0.0221 e. The highest BCUT2D eigenvalue weighted by molar-refractivity contribution is 8.76. The maximum atomic E-state index is 2.47. The molecular formula is C48H82S2. The Balaban J connectivity index is 2.12. The molecule has 286 valence electrons. The molecule has 50 heavy (non-hydrogen) atoms. The van der Waals surface area contributed by atoms with Gasteiger partial charge in [0.15, 0.2) is 0 Å². The van der Waals surface area contributed by atoms with Crippen LogP contribution in [0.2, 0.25) is 0 Å². The molecule has 2 heteroatoms. The first-order chi connectivity index (χ1) is 24.7. The van der Waals surface area contributed by atoms with Crippen LogP contribution < -0.4 is 0 Å². The normalized spacial score (nSPS) is 11.5. The fraction of sp³-hybridized carbons (Fsp3) is 0.750. The highest BCUT2D eigenvalue weighted by atomic mass is 33.1. The van der Waals surface area contributed by atoms with E-state index in [2.05, 4.69) is 85.7 Å². The molecule has 0 spiro atoms. The molecule has 0 nitrogen and oxygen atoms in total. The zero-order valence-corrected chi connectivity index (χ0v) is 35.5. The van der Waals surface area contributed by atoms with Crippen molar-refractivity contribution in [1.29, 1.82) is 0 Å². The Kier molecular flexibility index (Phi) is 29.7. The number of aryl methyl sites for hydroxylation is 2. The summed E-state index contributed by atoms with van der Waals surface area (Å²) in [4.78, 5) is 3.08. The molecular weight excluding hydrogens is 641 g/mol. The summed E-state index contributed by atoms with van der Waals surface area (Å²) in [6.45, 7) is 9.29. The second kappa shape index (κ2) is 32.8. The maximum Gasteiger partial charge on any atom is 0.0221 e. The molecule has 0 radical (unpaired) electrons. The summed E-state index contributed by atoms with van der Waals surface area (Å²) in [5.41, 5.74) is 6.65. The molecule has 2 rings (SSSR count). The Morgan fingerprint density at radius 3 is 0.860 bits per heavy atom. The van der Waals surface area contributed by atoms with Crippen molar-refractivity contribution in [3.05, 3.63) is 58.7 Å². The fourth-order valence-electron chi connectivity index (χ4n) is 7.57. The van der Waals surface area contributed by atoms with Crippen LogP contribution in [-0.2, 0) is 25.7 Å². The molecule has 0 amide bonds. The molecule has 0 aliphatic carbocycles. The molecule has 0 saturated heterocycles. The van der Waals surface area contributed by atoms with E-state index >= 15 is 0 Å². The van der Waals surface area contributed by atoms with E-state index in [-0.39, 0.29) is 0 Å². The second-order valence-electron chi connectivity index (χ2n) is 15.4. The summed E-state index contributed by atoms with van der Waals surface area (Å²) in [6, 6.07) is 14.6. The summed E-state index contributed by atoms with van der Waals surface area (Å²) in [5, 5.41) is 0. The SMILES string of the molecule is CCCCCCCCCc1cccc(SSc2cccc(CCCCCCCCC)c2CCCCCCCCC)c1CCCCCCCCC. The Labute approximate surface area is 321 Å². The fourth-order valence-corrected chi connectivity index (χ4v) is 10.2. The lowest BCUT2D eigenvalue weighted by Crippen LogP contribution is -1.99. The molecule has 0 heterocycles. The Bertz CT molecular complexity index is 959. The molecule has 0 bridgehead atoms. The molecule has 0 aliphatic rings. The van der Waals surface area contributed by atoms with Crippen molar-refractivity contribution in [2.75, 3.05) is 0 Å². The van der Waals surface area contributed by atoms with Crippen LogP contribution in [0.15, 0.2) is 46.2 Å². The minimum atomic E-state index is 1.26. The highest BCUT2D eigenvalue weighted by Gasteiger charge is 2.14. The molecule has 0 unspecified atom stereocenters. The first kappa shape index (κ1) is 45.3. The van der Waals surface area contributed by atoms with Crippen LogP contribution >= 0.6 is 21.6 Å². The van der Waals surface area contributed by atoms with E-state index in [1.54, 1.807) is 32.0 Å². The zero-order valence-electron chi connectivity index (χ0n) is 33.9. The van der Waals surface area contributed by atoms with Crippen molar-refractivity contribution in [3.63, 3.8) is 0 Å². The Morgan fingerprint density at radius 2 is 0.560 bits per heavy atom. The number of hydrogen-bond acceptors (Lipinski definition) is 2. The van der Waals surface area contributed by atoms with E-state index in [1.165, 1.54) is 205 Å². The number of rotatable bonds is 35. The monoisotopic (exact) mass is 723 g/mol. The van der Waals surface area contributed by atoms with Crippen LogP contribution in [0.4, 0.5) is 0 Å². The third kappa shape index (κ3) is 21.6. The van der Waals surface area contributed by atoms with E-state index in [0.717, 1.165) is 0 Å². The minimum absolute atomic E-state index is 1.26. The van der Waals surface area contributed by atoms with E-state index in [1.807, 2.05) is 0 Å². The molecule has 0 fully saturated rings. The van der Waals surface area contributed by atoms with Gasteiger partial charge in [-0.3, -0.25) is 0 Å². The van der Waals surface area contributed by atoms with Crippen molar-refractivity contribution >= 4 is 21.6 Å². The first-order valence-electron chi connectivity index (χ1n) is 22.3. The van der Waals surface area contributed by atoms with Gasteiger partial charge in [-0.1, -0.05) is 228 Å². The van der Waals surface area contributed by atoms with Crippen LogP contribution in [-0.4, -0.2) is 0 Å². The lowest BCUT2D eigenvalue weighted by Gasteiger charge is -2.17. The van der Waals surface area contributed by atoms with Crippen LogP contribution in [0, 0.1) is 0 Å². The van der Waals surface area contributed by atoms with Gasteiger partial charge in [0.2, 0.25) is 0 Å². The van der Waals surface area contributed by atoms with Gasteiger partial charge in [0.1, 0.15) is 0 Å². The van der Waals surface area contributed by atoms with Gasteiger partial charge in [-0.15, -0.1) is 0 Å². The minimum Gasteiger partial charge on any atom is -0.0654 e. The van der Waals surface area contributed by atoms with Gasteiger partial charge < -0.3 is 0 Å². The predicted molar refractivity (Wildman–Crippen MR) is 231 cm³/mol. The molecule has 2 aromatic rings. The average molecular weight is 723 g/mol. The van der Waals surface area contributed by atoms with E-state index < -0.39 is 0 Å². The van der Waals surface area contributed by atoms with Gasteiger partial charge in [0.25, 0.3) is 0 Å². The lowest BCUT2D eigenvalue weighted by atomic mass is 9.96. The molecule has 0 atom stereocenters. The Morgan fingerprint density at radius 1 is 0.300 bits per heavy atom. The largest absolute Gasteiger partial charge is 0.0654 e. The standard InChI is InChI=1S/C48H82S2/c1-5-9-13-17-21-25-29-35-43-37-33-41-47(45(43)39-31-27-23-19-15-11-7-3)49-50-48-42-34-38-44(36-30-26-22-18-14-10-6-2)46(48)40-32-28-24-20-16-12-8-4/h33-34,37-38,41-42H,5-32,35-36,39-40H2,1-4H3. The van der Waals surface area contributed by atoms with Crippen molar-refractivity contribution in [2.45, 2.75) is 243 Å². The van der Waals surface area contributed by atoms with Gasteiger partial charge in [-0.2, -0.15) is 0 Å². The van der Waals surface area contributed by atoms with Gasteiger partial charge in [0, 0.05) is 9.79 Å². The molecule has 0 aromatic heterocycles. The number of benzene rings is 2. The van der Waals surface area contributed by atoms with Crippen LogP contribution in [0.25, 0.3) is 0 Å². The van der Waals surface area contributed by atoms with Gasteiger partial charge in [0.05, 0.1) is 0 Å². The third-order valence-corrected chi connectivity index (χ3v) is 13.4. The average Bonchev–Trinajstić information content (AvgIpc) is 3.13. The summed E-state index contributed by atoms with van der Waals surface area (Å²) < 4.78 is 0. The lowest BCUT2D eigenvalue weighted by molar-refractivity contribution is 0.581. The zero-order chi connectivity index (χ0) is 35.7. The van der Waals surface area contributed by atoms with E-state index in [9.17, 15) is 0 Å². The summed E-state index contributed by atoms with van der Waals surface area (Å²) >= 11 is 0. The van der Waals surface area contributed by atoms with Crippen molar-refractivity contribution in [1.82, 2.24) is 0 Å². The van der Waals surface area contributed by atoms with Crippen molar-refractivity contribution in [3.8, 4) is 0 Å². The topological polar surface area (TPSA) is 0 Å². The number of hydrogen-bond donors (Lipinski definition) is 0. The third-order valence-electron chi connectivity index (χ3n) is 10.8. The quantitative estimate of drug-likeness (QED) is 0.0513. The molecule has 0 aliphatic heterocycles. The summed E-state index contributed by atoms with van der Waals surface area (Å²) in [5.74, 6) is 0. The summed E-state index contributed by atoms with van der Waals surface area (Å²) in [7, 11) is 4.15. The predicted octanol–water partition coefficient (Wildman–Crippen LogP) is 17.7. The van der Waals surface area contributed by atoms with Crippen LogP contribution in [0.1, 0.15) is 230 Å². The van der Waals surface area contributed by atoms with Gasteiger partial charge in [-0.25, -0.2) is 0 Å². The number of unbranched alkanes of at least 4 members (excludes halogenated alkanes) is 24. The molecule has 2 aromatic carbocycles. The van der Waals surface area contributed by atoms with E-state index in [0.29, 0.717) is 0 Å².